The van der Waals surface area contributed by atoms with Crippen LogP contribution < -0.4 is 20.5 Å². The highest BCUT2D eigenvalue weighted by atomic mass is 31.2. The monoisotopic (exact) mass is 560 g/mol. The van der Waals surface area contributed by atoms with E-state index in [1.807, 2.05) is 72.8 Å². The zero-order valence-corrected chi connectivity index (χ0v) is 22.8. The number of hydrogen-bond donors (Lipinski definition) is 4. The fraction of sp³-hybridized carbons (Fsp3) is 0.194. The van der Waals surface area contributed by atoms with Gasteiger partial charge in [0.15, 0.2) is 0 Å². The molecular weight excluding hydrogens is 527 g/mol. The van der Waals surface area contributed by atoms with Gasteiger partial charge < -0.3 is 30.3 Å². The fourth-order valence-corrected chi connectivity index (χ4v) is 4.76. The van der Waals surface area contributed by atoms with E-state index in [2.05, 4.69) is 5.32 Å². The number of rotatable bonds is 13. The smallest absolute Gasteiger partial charge is 0.347 e. The topological polar surface area (TPSA) is 131 Å². The first kappa shape index (κ1) is 29.1. The molecule has 4 rings (SSSR count). The van der Waals surface area contributed by atoms with E-state index in [9.17, 15) is 19.1 Å². The molecule has 0 aromatic heterocycles. The molecule has 0 spiro atoms. The summed E-state index contributed by atoms with van der Waals surface area (Å²) >= 11 is 0. The Bertz CT molecular complexity index is 1390. The maximum absolute atomic E-state index is 12.8. The van der Waals surface area contributed by atoms with Gasteiger partial charge in [-0.1, -0.05) is 84.9 Å². The van der Waals surface area contributed by atoms with E-state index in [0.717, 1.165) is 16.7 Å². The zero-order chi connectivity index (χ0) is 28.4. The molecule has 0 saturated heterocycles. The van der Waals surface area contributed by atoms with Crippen LogP contribution in [-0.2, 0) is 35.4 Å². The van der Waals surface area contributed by atoms with Gasteiger partial charge in [0.2, 0.25) is 5.91 Å². The minimum atomic E-state index is -4.66. The average Bonchev–Trinajstić information content (AvgIpc) is 2.96. The number of hydrogen-bond acceptors (Lipinski definition) is 5. The third-order valence-corrected chi connectivity index (χ3v) is 7.40. The van der Waals surface area contributed by atoms with Crippen LogP contribution in [0.5, 0.6) is 11.5 Å². The molecule has 0 aliphatic rings. The van der Waals surface area contributed by atoms with E-state index < -0.39 is 25.3 Å². The van der Waals surface area contributed by atoms with E-state index in [-0.39, 0.29) is 12.8 Å². The maximum atomic E-state index is 12.8. The van der Waals surface area contributed by atoms with Crippen molar-refractivity contribution in [3.8, 4) is 11.5 Å². The second kappa shape index (κ2) is 13.9. The first-order chi connectivity index (χ1) is 19.3. The third-order valence-electron chi connectivity index (χ3n) is 6.28. The van der Waals surface area contributed by atoms with Crippen molar-refractivity contribution < 1.29 is 28.6 Å². The molecule has 40 heavy (non-hydrogen) atoms. The number of benzene rings is 4. The summed E-state index contributed by atoms with van der Waals surface area (Å²) in [4.78, 5) is 32.6. The van der Waals surface area contributed by atoms with Crippen LogP contribution in [0.25, 0.3) is 0 Å². The lowest BCUT2D eigenvalue weighted by molar-refractivity contribution is -0.122. The summed E-state index contributed by atoms with van der Waals surface area (Å²) in [5, 5.41) is 2.45. The van der Waals surface area contributed by atoms with Gasteiger partial charge in [-0.25, -0.2) is 0 Å². The van der Waals surface area contributed by atoms with Gasteiger partial charge in [0.05, 0.1) is 6.04 Å². The first-order valence-corrected chi connectivity index (χ1v) is 14.6. The Hall–Kier alpha value is -3.94. The maximum Gasteiger partial charge on any atom is 0.347 e. The van der Waals surface area contributed by atoms with Gasteiger partial charge in [-0.05, 0) is 52.9 Å². The number of nitrogens with one attached hydrogen (secondary N) is 1. The Morgan fingerprint density at radius 3 is 1.52 bits per heavy atom. The van der Waals surface area contributed by atoms with E-state index in [0.29, 0.717) is 30.3 Å². The molecule has 0 bridgehead atoms. The Labute approximate surface area is 233 Å². The van der Waals surface area contributed by atoms with Crippen LogP contribution >= 0.6 is 7.60 Å². The Balaban J connectivity index is 1.28. The highest BCUT2D eigenvalue weighted by Crippen LogP contribution is 2.41. The van der Waals surface area contributed by atoms with Gasteiger partial charge in [-0.3, -0.25) is 9.36 Å². The van der Waals surface area contributed by atoms with Crippen LogP contribution in [0, 0.1) is 0 Å². The number of carbonyl (C=O) groups is 1. The van der Waals surface area contributed by atoms with E-state index in [4.69, 9.17) is 15.2 Å². The highest BCUT2D eigenvalue weighted by Gasteiger charge is 2.32. The molecule has 4 aromatic rings. The zero-order valence-electron chi connectivity index (χ0n) is 21.9. The summed E-state index contributed by atoms with van der Waals surface area (Å²) in [6.07, 6.45) is 0.140. The molecule has 4 aromatic carbocycles. The van der Waals surface area contributed by atoms with Gasteiger partial charge >= 0.3 is 7.60 Å². The standard InChI is InChI=1S/C31H33N2O6P/c32-29(19-23-11-15-27(16-12-23)38-21-25-7-3-1-4-8-25)31(34)33-30(40(35,36)37)20-24-13-17-28(18-14-24)39-22-26-9-5-2-6-10-26/h1-18,29-30H,19-22,32H2,(H,33,34)(H2,35,36,37)/t29-,30-/m0/s1. The van der Waals surface area contributed by atoms with Crippen LogP contribution in [0.3, 0.4) is 0 Å². The highest BCUT2D eigenvalue weighted by molar-refractivity contribution is 7.52. The number of carbonyl (C=O) groups excluding carboxylic acids is 1. The van der Waals surface area contributed by atoms with Crippen LogP contribution in [0.4, 0.5) is 0 Å². The fourth-order valence-electron chi connectivity index (χ4n) is 4.02. The minimum absolute atomic E-state index is 0.0604. The van der Waals surface area contributed by atoms with Gasteiger partial charge in [0, 0.05) is 6.42 Å². The second-order valence-electron chi connectivity index (χ2n) is 9.46. The quantitative estimate of drug-likeness (QED) is 0.176. The normalized spacial score (nSPS) is 12.8. The largest absolute Gasteiger partial charge is 0.489 e. The molecular formula is C31H33N2O6P. The van der Waals surface area contributed by atoms with Gasteiger partial charge in [-0.15, -0.1) is 0 Å². The van der Waals surface area contributed by atoms with Crippen molar-refractivity contribution in [3.05, 3.63) is 131 Å². The molecule has 0 fully saturated rings. The lowest BCUT2D eigenvalue weighted by Crippen LogP contribution is -2.47. The predicted molar refractivity (Wildman–Crippen MR) is 154 cm³/mol. The van der Waals surface area contributed by atoms with Crippen molar-refractivity contribution in [1.29, 1.82) is 0 Å². The summed E-state index contributed by atoms with van der Waals surface area (Å²) in [6.45, 7) is 0.845. The van der Waals surface area contributed by atoms with E-state index in [1.165, 1.54) is 0 Å². The Morgan fingerprint density at radius 1 is 0.675 bits per heavy atom. The molecule has 0 aliphatic heterocycles. The molecule has 0 heterocycles. The molecule has 8 nitrogen and oxygen atoms in total. The van der Waals surface area contributed by atoms with Crippen molar-refractivity contribution in [1.82, 2.24) is 5.32 Å². The summed E-state index contributed by atoms with van der Waals surface area (Å²) in [5.74, 6) is -0.733. The third kappa shape index (κ3) is 9.07. The second-order valence-corrected chi connectivity index (χ2v) is 11.3. The molecule has 0 radical (unpaired) electrons. The summed E-state index contributed by atoms with van der Waals surface area (Å²) in [7, 11) is -4.66. The number of amides is 1. The lowest BCUT2D eigenvalue weighted by Gasteiger charge is -2.22. The molecule has 0 aliphatic carbocycles. The molecule has 208 valence electrons. The first-order valence-electron chi connectivity index (χ1n) is 12.9. The molecule has 2 atom stereocenters. The predicted octanol–water partition coefficient (Wildman–Crippen LogP) is 4.58. The summed E-state index contributed by atoms with van der Waals surface area (Å²) < 4.78 is 23.7. The molecule has 9 heteroatoms. The SMILES string of the molecule is N[C@@H](Cc1ccc(OCc2ccccc2)cc1)C(=O)N[C@H](Cc1ccc(OCc2ccccc2)cc1)P(=O)(O)O. The van der Waals surface area contributed by atoms with Gasteiger partial charge in [0.25, 0.3) is 0 Å². The van der Waals surface area contributed by atoms with Crippen LogP contribution in [0.15, 0.2) is 109 Å². The van der Waals surface area contributed by atoms with Crippen molar-refractivity contribution in [2.45, 2.75) is 37.9 Å². The van der Waals surface area contributed by atoms with Crippen LogP contribution in [-0.4, -0.2) is 27.5 Å². The lowest BCUT2D eigenvalue weighted by atomic mass is 10.1. The summed E-state index contributed by atoms with van der Waals surface area (Å²) in [5.41, 5.74) is 9.61. The number of ether oxygens (including phenoxy) is 2. The van der Waals surface area contributed by atoms with Crippen molar-refractivity contribution in [2.24, 2.45) is 5.73 Å². The van der Waals surface area contributed by atoms with Crippen molar-refractivity contribution in [2.75, 3.05) is 0 Å². The van der Waals surface area contributed by atoms with Gasteiger partial charge in [0.1, 0.15) is 30.5 Å². The molecule has 0 unspecified atom stereocenters. The van der Waals surface area contributed by atoms with Crippen LogP contribution in [0.1, 0.15) is 22.3 Å². The van der Waals surface area contributed by atoms with Crippen LogP contribution in [0.2, 0.25) is 0 Å². The van der Waals surface area contributed by atoms with Crippen molar-refractivity contribution in [3.63, 3.8) is 0 Å². The summed E-state index contributed by atoms with van der Waals surface area (Å²) in [6, 6.07) is 32.7. The van der Waals surface area contributed by atoms with E-state index in [1.54, 1.807) is 36.4 Å². The number of nitrogens with two attached hydrogens (primary N) is 1. The molecule has 5 N–H and O–H groups in total. The average molecular weight is 561 g/mol. The molecule has 0 saturated carbocycles. The Kier molecular flexibility index (Phi) is 10.1. The van der Waals surface area contributed by atoms with E-state index >= 15 is 0 Å². The van der Waals surface area contributed by atoms with Crippen molar-refractivity contribution >= 4 is 13.5 Å². The van der Waals surface area contributed by atoms with Gasteiger partial charge in [-0.2, -0.15) is 0 Å². The Morgan fingerprint density at radius 2 is 1.10 bits per heavy atom. The molecule has 1 amide bonds. The minimum Gasteiger partial charge on any atom is -0.489 e.